The number of amides is 3. The van der Waals surface area contributed by atoms with Gasteiger partial charge in [0.2, 0.25) is 5.91 Å². The van der Waals surface area contributed by atoms with Crippen LogP contribution in [0.1, 0.15) is 31.5 Å². The normalized spacial score (nSPS) is 11.6. The maximum atomic E-state index is 12.0. The van der Waals surface area contributed by atoms with E-state index in [2.05, 4.69) is 20.9 Å². The molecule has 1 atom stereocenters. The van der Waals surface area contributed by atoms with Gasteiger partial charge in [0.25, 0.3) is 0 Å². The monoisotopic (exact) mass is 346 g/mol. The van der Waals surface area contributed by atoms with E-state index in [-0.39, 0.29) is 24.4 Å². The standard InChI is InChI=1S/C17H22N4O2S/c1-4-12(3)18-15(22)9-14-10-24-17(20-14)21-16(23)19-13-7-5-6-11(2)8-13/h5-8,10,12H,4,9H2,1-3H3,(H,18,22)(H2,19,20,21,23). The summed E-state index contributed by atoms with van der Waals surface area (Å²) in [6.07, 6.45) is 1.09. The van der Waals surface area contributed by atoms with Gasteiger partial charge in [-0.1, -0.05) is 19.1 Å². The van der Waals surface area contributed by atoms with E-state index in [4.69, 9.17) is 0 Å². The molecule has 0 aliphatic heterocycles. The van der Waals surface area contributed by atoms with E-state index in [0.29, 0.717) is 10.8 Å². The molecule has 2 rings (SSSR count). The molecule has 2 aromatic rings. The molecule has 0 saturated carbocycles. The Bertz CT molecular complexity index is 714. The van der Waals surface area contributed by atoms with E-state index in [1.807, 2.05) is 45.0 Å². The van der Waals surface area contributed by atoms with E-state index in [1.54, 1.807) is 5.38 Å². The summed E-state index contributed by atoms with van der Waals surface area (Å²) in [4.78, 5) is 28.1. The van der Waals surface area contributed by atoms with Gasteiger partial charge in [-0.2, -0.15) is 0 Å². The van der Waals surface area contributed by atoms with Gasteiger partial charge >= 0.3 is 6.03 Å². The molecule has 1 aromatic carbocycles. The molecule has 3 amide bonds. The third kappa shape index (κ3) is 5.66. The Balaban J connectivity index is 1.86. The van der Waals surface area contributed by atoms with E-state index in [1.165, 1.54) is 11.3 Å². The molecule has 0 radical (unpaired) electrons. The van der Waals surface area contributed by atoms with E-state index >= 15 is 0 Å². The van der Waals surface area contributed by atoms with Gasteiger partial charge in [-0.3, -0.25) is 10.1 Å². The Hall–Kier alpha value is -2.41. The first kappa shape index (κ1) is 17.9. The topological polar surface area (TPSA) is 83.1 Å². The number of aryl methyl sites for hydroxylation is 1. The fraction of sp³-hybridized carbons (Fsp3) is 0.353. The van der Waals surface area contributed by atoms with Crippen LogP contribution in [0.25, 0.3) is 0 Å². The lowest BCUT2D eigenvalue weighted by atomic mass is 10.2. The molecule has 24 heavy (non-hydrogen) atoms. The minimum absolute atomic E-state index is 0.0644. The number of anilines is 2. The lowest BCUT2D eigenvalue weighted by Crippen LogP contribution is -2.33. The van der Waals surface area contributed by atoms with Gasteiger partial charge in [-0.25, -0.2) is 9.78 Å². The van der Waals surface area contributed by atoms with Gasteiger partial charge in [0.15, 0.2) is 5.13 Å². The summed E-state index contributed by atoms with van der Waals surface area (Å²) in [6, 6.07) is 7.33. The zero-order valence-electron chi connectivity index (χ0n) is 14.1. The lowest BCUT2D eigenvalue weighted by molar-refractivity contribution is -0.121. The average molecular weight is 346 g/mol. The highest BCUT2D eigenvalue weighted by atomic mass is 32.1. The van der Waals surface area contributed by atoms with Crippen LogP contribution in [0.4, 0.5) is 15.6 Å². The van der Waals surface area contributed by atoms with Gasteiger partial charge in [-0.05, 0) is 38.0 Å². The summed E-state index contributed by atoms with van der Waals surface area (Å²) in [7, 11) is 0. The minimum atomic E-state index is -0.356. The Morgan fingerprint density at radius 3 is 2.79 bits per heavy atom. The van der Waals surface area contributed by atoms with Crippen molar-refractivity contribution in [1.29, 1.82) is 0 Å². The second kappa shape index (κ2) is 8.44. The predicted octanol–water partition coefficient (Wildman–Crippen LogP) is 3.55. The highest BCUT2D eigenvalue weighted by Crippen LogP contribution is 2.17. The van der Waals surface area contributed by atoms with Crippen molar-refractivity contribution in [1.82, 2.24) is 10.3 Å². The minimum Gasteiger partial charge on any atom is -0.353 e. The van der Waals surface area contributed by atoms with Crippen molar-refractivity contribution in [2.75, 3.05) is 10.6 Å². The van der Waals surface area contributed by atoms with Gasteiger partial charge in [-0.15, -0.1) is 11.3 Å². The summed E-state index contributed by atoms with van der Waals surface area (Å²) < 4.78 is 0. The molecule has 0 saturated heterocycles. The van der Waals surface area contributed by atoms with E-state index in [0.717, 1.165) is 17.7 Å². The number of carbonyl (C=O) groups is 2. The number of rotatable bonds is 6. The first-order chi connectivity index (χ1) is 11.5. The number of thiazole rings is 1. The SMILES string of the molecule is CCC(C)NC(=O)Cc1csc(NC(=O)Nc2cccc(C)c2)n1. The van der Waals surface area contributed by atoms with E-state index in [9.17, 15) is 9.59 Å². The molecule has 0 aliphatic carbocycles. The molecular weight excluding hydrogens is 324 g/mol. The molecule has 1 heterocycles. The van der Waals surface area contributed by atoms with Crippen molar-refractivity contribution >= 4 is 34.1 Å². The number of nitrogens with zero attached hydrogens (tertiary/aromatic N) is 1. The summed E-state index contributed by atoms with van der Waals surface area (Å²) >= 11 is 1.30. The quantitative estimate of drug-likeness (QED) is 0.748. The fourth-order valence-corrected chi connectivity index (χ4v) is 2.73. The number of hydrogen-bond acceptors (Lipinski definition) is 4. The average Bonchev–Trinajstić information content (AvgIpc) is 2.93. The van der Waals surface area contributed by atoms with Crippen LogP contribution in [0.15, 0.2) is 29.6 Å². The molecule has 1 unspecified atom stereocenters. The number of nitrogens with one attached hydrogen (secondary N) is 3. The zero-order valence-corrected chi connectivity index (χ0v) is 14.9. The van der Waals surface area contributed by atoms with Crippen LogP contribution in [0.3, 0.4) is 0 Å². The van der Waals surface area contributed by atoms with Gasteiger partial charge in [0.1, 0.15) is 0 Å². The second-order valence-corrected chi connectivity index (χ2v) is 6.50. The third-order valence-corrected chi connectivity index (χ3v) is 4.22. The van der Waals surface area contributed by atoms with Crippen LogP contribution in [0.5, 0.6) is 0 Å². The smallest absolute Gasteiger partial charge is 0.325 e. The zero-order chi connectivity index (χ0) is 17.5. The molecule has 7 heteroatoms. The maximum absolute atomic E-state index is 12.0. The van der Waals surface area contributed by atoms with Crippen molar-refractivity contribution < 1.29 is 9.59 Å². The summed E-state index contributed by atoms with van der Waals surface area (Å²) in [5.74, 6) is -0.0644. The summed E-state index contributed by atoms with van der Waals surface area (Å²) in [6.45, 7) is 5.94. The summed E-state index contributed by atoms with van der Waals surface area (Å²) in [5.41, 5.74) is 2.43. The number of carbonyl (C=O) groups excluding carboxylic acids is 2. The van der Waals surface area contributed by atoms with Crippen molar-refractivity contribution in [2.45, 2.75) is 39.7 Å². The molecule has 1 aromatic heterocycles. The Labute approximate surface area is 145 Å². The highest BCUT2D eigenvalue weighted by Gasteiger charge is 2.11. The van der Waals surface area contributed by atoms with Crippen LogP contribution in [-0.4, -0.2) is 23.0 Å². The Kier molecular flexibility index (Phi) is 6.31. The van der Waals surface area contributed by atoms with Crippen molar-refractivity contribution in [2.24, 2.45) is 0 Å². The molecule has 3 N–H and O–H groups in total. The van der Waals surface area contributed by atoms with Gasteiger partial charge < -0.3 is 10.6 Å². The number of benzene rings is 1. The molecule has 0 spiro atoms. The summed E-state index contributed by atoms with van der Waals surface area (Å²) in [5, 5.41) is 10.6. The highest BCUT2D eigenvalue weighted by molar-refractivity contribution is 7.13. The van der Waals surface area contributed by atoms with Gasteiger partial charge in [0.05, 0.1) is 12.1 Å². The largest absolute Gasteiger partial charge is 0.353 e. The Morgan fingerprint density at radius 1 is 1.29 bits per heavy atom. The van der Waals surface area contributed by atoms with E-state index < -0.39 is 0 Å². The third-order valence-electron chi connectivity index (χ3n) is 3.41. The molecule has 0 bridgehead atoms. The maximum Gasteiger partial charge on any atom is 0.325 e. The Morgan fingerprint density at radius 2 is 2.08 bits per heavy atom. The lowest BCUT2D eigenvalue weighted by Gasteiger charge is -2.10. The molecular formula is C17H22N4O2S. The van der Waals surface area contributed by atoms with Crippen molar-refractivity contribution in [3.05, 3.63) is 40.9 Å². The van der Waals surface area contributed by atoms with Crippen LogP contribution >= 0.6 is 11.3 Å². The fourth-order valence-electron chi connectivity index (χ4n) is 2.02. The number of urea groups is 1. The van der Waals surface area contributed by atoms with Crippen LogP contribution < -0.4 is 16.0 Å². The number of hydrogen-bond donors (Lipinski definition) is 3. The molecule has 128 valence electrons. The van der Waals surface area contributed by atoms with Crippen LogP contribution in [0, 0.1) is 6.92 Å². The van der Waals surface area contributed by atoms with Crippen molar-refractivity contribution in [3.63, 3.8) is 0 Å². The first-order valence-corrected chi connectivity index (χ1v) is 8.72. The molecule has 0 fully saturated rings. The van der Waals surface area contributed by atoms with Gasteiger partial charge in [0, 0.05) is 17.1 Å². The number of aromatic nitrogens is 1. The second-order valence-electron chi connectivity index (χ2n) is 5.65. The molecule has 0 aliphatic rings. The van der Waals surface area contributed by atoms with Crippen molar-refractivity contribution in [3.8, 4) is 0 Å². The van der Waals surface area contributed by atoms with Crippen LogP contribution in [-0.2, 0) is 11.2 Å². The molecule has 6 nitrogen and oxygen atoms in total. The first-order valence-electron chi connectivity index (χ1n) is 7.84. The predicted molar refractivity (Wildman–Crippen MR) is 97.5 cm³/mol. The van der Waals surface area contributed by atoms with Crippen LogP contribution in [0.2, 0.25) is 0 Å².